The quantitative estimate of drug-likeness (QED) is 0.185. The molecule has 1 heterocycles. The Morgan fingerprint density at radius 3 is 1.74 bits per heavy atom. The van der Waals surface area contributed by atoms with Crippen molar-refractivity contribution in [2.24, 2.45) is 5.92 Å². The SMILES string of the molecule is COc1cc(/C=C/C(=O)C(C(=O)/C=C/c2ccc(O)c(OC)c2)C2O[C@H](CO)[C@@H](O)[C@H](O)[C@H]2O)ccc1O. The van der Waals surface area contributed by atoms with Gasteiger partial charge in [-0.15, -0.1) is 0 Å². The number of hydrogen-bond donors (Lipinski definition) is 6. The van der Waals surface area contributed by atoms with Crippen molar-refractivity contribution < 1.29 is 54.4 Å². The van der Waals surface area contributed by atoms with Crippen LogP contribution in [-0.2, 0) is 14.3 Å². The van der Waals surface area contributed by atoms with Crippen LogP contribution >= 0.6 is 0 Å². The fourth-order valence-corrected chi connectivity index (χ4v) is 4.03. The number of phenols is 2. The molecule has 204 valence electrons. The summed E-state index contributed by atoms with van der Waals surface area (Å²) in [5.74, 6) is -3.14. The first-order valence-corrected chi connectivity index (χ1v) is 11.6. The van der Waals surface area contributed by atoms with Crippen molar-refractivity contribution in [1.29, 1.82) is 0 Å². The normalized spacial score (nSPS) is 23.7. The first-order valence-electron chi connectivity index (χ1n) is 11.6. The summed E-state index contributed by atoms with van der Waals surface area (Å²) in [5, 5.41) is 60.1. The lowest BCUT2D eigenvalue weighted by atomic mass is 9.83. The predicted octanol–water partition coefficient (Wildman–Crippen LogP) is 0.438. The molecule has 1 fully saturated rings. The van der Waals surface area contributed by atoms with Crippen molar-refractivity contribution >= 4 is 23.7 Å². The third-order valence-electron chi connectivity index (χ3n) is 6.16. The van der Waals surface area contributed by atoms with E-state index < -0.39 is 54.6 Å². The van der Waals surface area contributed by atoms with Gasteiger partial charge in [0, 0.05) is 0 Å². The van der Waals surface area contributed by atoms with Crippen LogP contribution in [0.1, 0.15) is 11.1 Å². The van der Waals surface area contributed by atoms with Gasteiger partial charge >= 0.3 is 0 Å². The van der Waals surface area contributed by atoms with Gasteiger partial charge in [0.15, 0.2) is 34.6 Å². The lowest BCUT2D eigenvalue weighted by Gasteiger charge is -2.42. The van der Waals surface area contributed by atoms with Gasteiger partial charge in [0.2, 0.25) is 0 Å². The maximum atomic E-state index is 13.3. The van der Waals surface area contributed by atoms with Gasteiger partial charge in [-0.05, 0) is 47.5 Å². The Hall–Kier alpha value is -3.74. The first-order chi connectivity index (χ1) is 18.1. The molecule has 0 amide bonds. The Morgan fingerprint density at radius 1 is 0.842 bits per heavy atom. The first kappa shape index (κ1) is 28.8. The van der Waals surface area contributed by atoms with Crippen LogP contribution in [0.25, 0.3) is 12.2 Å². The van der Waals surface area contributed by atoms with Crippen molar-refractivity contribution in [2.75, 3.05) is 20.8 Å². The van der Waals surface area contributed by atoms with Crippen molar-refractivity contribution in [3.05, 3.63) is 59.7 Å². The zero-order valence-corrected chi connectivity index (χ0v) is 20.7. The molecule has 38 heavy (non-hydrogen) atoms. The van der Waals surface area contributed by atoms with Gasteiger partial charge in [0.05, 0.1) is 20.8 Å². The number of ether oxygens (including phenoxy) is 3. The molecule has 0 spiro atoms. The highest BCUT2D eigenvalue weighted by Crippen LogP contribution is 2.30. The zero-order chi connectivity index (χ0) is 28.0. The molecule has 2 aromatic carbocycles. The molecule has 0 radical (unpaired) electrons. The maximum absolute atomic E-state index is 13.3. The minimum Gasteiger partial charge on any atom is -0.504 e. The fraction of sp³-hybridized carbons (Fsp3) is 0.333. The number of phenolic OH excluding ortho intramolecular Hbond substituents is 2. The fourth-order valence-electron chi connectivity index (χ4n) is 4.03. The average molecular weight is 531 g/mol. The van der Waals surface area contributed by atoms with Gasteiger partial charge in [-0.1, -0.05) is 24.3 Å². The molecule has 0 bridgehead atoms. The third-order valence-corrected chi connectivity index (χ3v) is 6.16. The number of benzene rings is 2. The number of allylic oxidation sites excluding steroid dienone is 2. The van der Waals surface area contributed by atoms with Crippen LogP contribution in [0, 0.1) is 5.92 Å². The number of aliphatic hydroxyl groups excluding tert-OH is 4. The predicted molar refractivity (Wildman–Crippen MR) is 135 cm³/mol. The van der Waals surface area contributed by atoms with Gasteiger partial charge in [0.25, 0.3) is 0 Å². The van der Waals surface area contributed by atoms with Crippen molar-refractivity contribution in [3.8, 4) is 23.0 Å². The number of aliphatic hydroxyl groups is 4. The van der Waals surface area contributed by atoms with E-state index in [-0.39, 0.29) is 23.0 Å². The molecule has 1 unspecified atom stereocenters. The summed E-state index contributed by atoms with van der Waals surface area (Å²) >= 11 is 0. The van der Waals surface area contributed by atoms with Crippen molar-refractivity contribution in [2.45, 2.75) is 30.5 Å². The smallest absolute Gasteiger partial charge is 0.169 e. The van der Waals surface area contributed by atoms with Crippen LogP contribution in [0.3, 0.4) is 0 Å². The molecule has 1 aliphatic heterocycles. The molecule has 2 aromatic rings. The van der Waals surface area contributed by atoms with Crippen molar-refractivity contribution in [3.63, 3.8) is 0 Å². The number of carbonyl (C=O) groups is 2. The largest absolute Gasteiger partial charge is 0.504 e. The molecule has 0 saturated carbocycles. The van der Waals surface area contributed by atoms with E-state index >= 15 is 0 Å². The Bertz CT molecular complexity index is 1130. The number of rotatable bonds is 10. The molecule has 11 nitrogen and oxygen atoms in total. The molecule has 3 rings (SSSR count). The van der Waals surface area contributed by atoms with Gasteiger partial charge in [-0.2, -0.15) is 0 Å². The monoisotopic (exact) mass is 530 g/mol. The number of carbonyl (C=O) groups excluding carboxylic acids is 2. The molecular formula is C27H30O11. The third kappa shape index (κ3) is 6.39. The van der Waals surface area contributed by atoms with Crippen molar-refractivity contribution in [1.82, 2.24) is 0 Å². The summed E-state index contributed by atoms with van der Waals surface area (Å²) in [6, 6.07) is 8.65. The van der Waals surface area contributed by atoms with Crippen LogP contribution < -0.4 is 9.47 Å². The highest BCUT2D eigenvalue weighted by atomic mass is 16.5. The summed E-state index contributed by atoms with van der Waals surface area (Å²) < 4.78 is 15.6. The topological polar surface area (TPSA) is 183 Å². The van der Waals surface area contributed by atoms with Crippen LogP contribution in [0.15, 0.2) is 48.6 Å². The van der Waals surface area contributed by atoms with E-state index in [0.717, 1.165) is 12.2 Å². The number of hydrogen-bond acceptors (Lipinski definition) is 11. The lowest BCUT2D eigenvalue weighted by molar-refractivity contribution is -0.237. The zero-order valence-electron chi connectivity index (χ0n) is 20.7. The minimum absolute atomic E-state index is 0.110. The summed E-state index contributed by atoms with van der Waals surface area (Å²) in [4.78, 5) is 26.6. The Morgan fingerprint density at radius 2 is 1.32 bits per heavy atom. The molecule has 6 N–H and O–H groups in total. The summed E-state index contributed by atoms with van der Waals surface area (Å²) in [5.41, 5.74) is 0.916. The molecular weight excluding hydrogens is 500 g/mol. The van der Waals surface area contributed by atoms with E-state index in [9.17, 15) is 40.2 Å². The van der Waals surface area contributed by atoms with E-state index in [1.807, 2.05) is 0 Å². The summed E-state index contributed by atoms with van der Waals surface area (Å²) in [7, 11) is 2.72. The van der Waals surface area contributed by atoms with Gasteiger partial charge in [-0.3, -0.25) is 9.59 Å². The van der Waals surface area contributed by atoms with Gasteiger partial charge in [-0.25, -0.2) is 0 Å². The van der Waals surface area contributed by atoms with E-state index in [0.29, 0.717) is 11.1 Å². The second-order valence-corrected chi connectivity index (χ2v) is 8.61. The summed E-state index contributed by atoms with van der Waals surface area (Å²) in [6.07, 6.45) is -3.31. The van der Waals surface area contributed by atoms with Crippen LogP contribution in [0.5, 0.6) is 23.0 Å². The van der Waals surface area contributed by atoms with E-state index in [4.69, 9.17) is 14.2 Å². The van der Waals surface area contributed by atoms with Crippen LogP contribution in [-0.4, -0.2) is 93.6 Å². The number of methoxy groups -OCH3 is 2. The number of ketones is 2. The second-order valence-electron chi connectivity index (χ2n) is 8.61. The highest BCUT2D eigenvalue weighted by Gasteiger charge is 2.49. The Kier molecular flexibility index (Phi) is 9.61. The minimum atomic E-state index is -1.82. The molecule has 1 saturated heterocycles. The molecule has 5 atom stereocenters. The average Bonchev–Trinajstić information content (AvgIpc) is 2.92. The standard InChI is InChI=1S/C27H30O11/c1-36-20-11-14(3-7-16(20)29)5-9-18(31)23(27-26(35)25(34)24(33)22(13-28)38-27)19(32)10-6-15-4-8-17(30)21(12-15)37-2/h3-12,22-30,33-35H,13H2,1-2H3/b9-5+,10-6+/t22-,24-,25+,26-,27?/m1/s1. The number of aromatic hydroxyl groups is 2. The molecule has 0 aromatic heterocycles. The lowest BCUT2D eigenvalue weighted by Crippen LogP contribution is -2.62. The molecule has 11 heteroatoms. The molecule has 1 aliphatic rings. The second kappa shape index (κ2) is 12.7. The Labute approximate surface area is 218 Å². The maximum Gasteiger partial charge on any atom is 0.169 e. The Balaban J connectivity index is 1.95. The van der Waals surface area contributed by atoms with Gasteiger partial charge in [0.1, 0.15) is 36.4 Å². The van der Waals surface area contributed by atoms with Crippen LogP contribution in [0.2, 0.25) is 0 Å². The van der Waals surface area contributed by atoms with E-state index in [2.05, 4.69) is 0 Å². The highest BCUT2D eigenvalue weighted by molar-refractivity contribution is 6.14. The van der Waals surface area contributed by atoms with E-state index in [1.165, 1.54) is 62.8 Å². The summed E-state index contributed by atoms with van der Waals surface area (Å²) in [6.45, 7) is -0.733. The van der Waals surface area contributed by atoms with Gasteiger partial charge < -0.3 is 44.8 Å². The molecule has 0 aliphatic carbocycles. The van der Waals surface area contributed by atoms with Crippen LogP contribution in [0.4, 0.5) is 0 Å². The van der Waals surface area contributed by atoms with E-state index in [1.54, 1.807) is 0 Å².